The van der Waals surface area contributed by atoms with Gasteiger partial charge in [0.1, 0.15) is 12.0 Å². The highest BCUT2D eigenvalue weighted by molar-refractivity contribution is 5.94. The van der Waals surface area contributed by atoms with Gasteiger partial charge in [-0.2, -0.15) is 0 Å². The van der Waals surface area contributed by atoms with Crippen LogP contribution in [0.4, 0.5) is 0 Å². The van der Waals surface area contributed by atoms with Crippen molar-refractivity contribution in [2.24, 2.45) is 0 Å². The summed E-state index contributed by atoms with van der Waals surface area (Å²) in [6.07, 6.45) is 3.30. The molecular weight excluding hydrogens is 308 g/mol. The average molecular weight is 328 g/mol. The minimum absolute atomic E-state index is 0.0500. The summed E-state index contributed by atoms with van der Waals surface area (Å²) in [5.74, 6) is 0.805. The molecule has 126 valence electrons. The van der Waals surface area contributed by atoms with Gasteiger partial charge in [-0.15, -0.1) is 0 Å². The Kier molecular flexibility index (Phi) is 4.84. The van der Waals surface area contributed by atoms with E-state index in [2.05, 4.69) is 0 Å². The van der Waals surface area contributed by atoms with Crippen LogP contribution in [-0.4, -0.2) is 54.9 Å². The number of hydrogen-bond donors (Lipinski definition) is 0. The molecule has 2 heterocycles. The highest BCUT2D eigenvalue weighted by Crippen LogP contribution is 2.14. The summed E-state index contributed by atoms with van der Waals surface area (Å²) >= 11 is 0. The van der Waals surface area contributed by atoms with Crippen molar-refractivity contribution in [1.29, 1.82) is 0 Å². The molecule has 6 nitrogen and oxygen atoms in total. The number of rotatable bonds is 4. The summed E-state index contributed by atoms with van der Waals surface area (Å²) in [4.78, 5) is 28.2. The quantitative estimate of drug-likeness (QED) is 0.859. The lowest BCUT2D eigenvalue weighted by Gasteiger charge is -2.34. The van der Waals surface area contributed by atoms with Crippen LogP contribution in [-0.2, 0) is 11.2 Å². The number of hydrogen-bond acceptors (Lipinski definition) is 4. The van der Waals surface area contributed by atoms with Crippen LogP contribution >= 0.6 is 0 Å². The molecule has 0 N–H and O–H groups in total. The maximum Gasteiger partial charge on any atom is 0.257 e. The first kappa shape index (κ1) is 16.1. The first-order chi connectivity index (χ1) is 11.7. The molecule has 6 heteroatoms. The fraction of sp³-hybridized carbons (Fsp3) is 0.333. The van der Waals surface area contributed by atoms with E-state index in [1.807, 2.05) is 29.2 Å². The topological polar surface area (TPSA) is 63.0 Å². The van der Waals surface area contributed by atoms with Crippen molar-refractivity contribution >= 4 is 11.8 Å². The van der Waals surface area contributed by atoms with Crippen molar-refractivity contribution in [3.63, 3.8) is 0 Å². The maximum absolute atomic E-state index is 12.4. The predicted octanol–water partition coefficient (Wildman–Crippen LogP) is 1.82. The van der Waals surface area contributed by atoms with Gasteiger partial charge in [0.25, 0.3) is 5.91 Å². The Hall–Kier alpha value is -2.76. The lowest BCUT2D eigenvalue weighted by Crippen LogP contribution is -2.50. The van der Waals surface area contributed by atoms with Crippen molar-refractivity contribution in [3.05, 3.63) is 54.0 Å². The second-order valence-electron chi connectivity index (χ2n) is 5.71. The van der Waals surface area contributed by atoms with Gasteiger partial charge in [0.05, 0.1) is 25.4 Å². The van der Waals surface area contributed by atoms with E-state index in [1.54, 1.807) is 18.1 Å². The minimum atomic E-state index is -0.0500. The van der Waals surface area contributed by atoms with Gasteiger partial charge < -0.3 is 19.0 Å². The molecule has 0 saturated carbocycles. The lowest BCUT2D eigenvalue weighted by atomic mass is 10.1. The third kappa shape index (κ3) is 3.59. The molecule has 0 atom stereocenters. The molecule has 24 heavy (non-hydrogen) atoms. The van der Waals surface area contributed by atoms with Gasteiger partial charge in [0, 0.05) is 26.2 Å². The van der Waals surface area contributed by atoms with Gasteiger partial charge in [-0.3, -0.25) is 9.59 Å². The molecule has 1 aromatic heterocycles. The molecule has 1 fully saturated rings. The van der Waals surface area contributed by atoms with Crippen LogP contribution < -0.4 is 4.74 Å². The molecule has 1 saturated heterocycles. The minimum Gasteiger partial charge on any atom is -0.497 e. The number of benzene rings is 1. The standard InChI is InChI=1S/C18H20N2O4/c1-23-16-4-2-14(3-5-16)12-17(21)19-7-9-20(10-8-19)18(22)15-6-11-24-13-15/h2-6,11,13H,7-10,12H2,1H3. The number of methoxy groups -OCH3 is 1. The van der Waals surface area contributed by atoms with Crippen molar-refractivity contribution < 1.29 is 18.7 Å². The van der Waals surface area contributed by atoms with E-state index in [1.165, 1.54) is 12.5 Å². The Morgan fingerprint density at radius 1 is 1.04 bits per heavy atom. The Labute approximate surface area is 140 Å². The van der Waals surface area contributed by atoms with Crippen LogP contribution in [0.3, 0.4) is 0 Å². The van der Waals surface area contributed by atoms with E-state index in [-0.39, 0.29) is 11.8 Å². The van der Waals surface area contributed by atoms with Crippen LogP contribution in [0.25, 0.3) is 0 Å². The molecular formula is C18H20N2O4. The van der Waals surface area contributed by atoms with Crippen LogP contribution in [0, 0.1) is 0 Å². The largest absolute Gasteiger partial charge is 0.497 e. The maximum atomic E-state index is 12.4. The number of nitrogens with zero attached hydrogens (tertiary/aromatic N) is 2. The predicted molar refractivity (Wildman–Crippen MR) is 87.9 cm³/mol. The molecule has 1 aromatic carbocycles. The van der Waals surface area contributed by atoms with Crippen molar-refractivity contribution in [2.45, 2.75) is 6.42 Å². The molecule has 3 rings (SSSR count). The number of furan rings is 1. The monoisotopic (exact) mass is 328 g/mol. The van der Waals surface area contributed by atoms with Gasteiger partial charge in [-0.1, -0.05) is 12.1 Å². The first-order valence-corrected chi connectivity index (χ1v) is 7.89. The van der Waals surface area contributed by atoms with E-state index < -0.39 is 0 Å². The highest BCUT2D eigenvalue weighted by atomic mass is 16.5. The van der Waals surface area contributed by atoms with Gasteiger partial charge in [-0.05, 0) is 23.8 Å². The first-order valence-electron chi connectivity index (χ1n) is 7.89. The summed E-state index contributed by atoms with van der Waals surface area (Å²) in [6, 6.07) is 9.16. The molecule has 0 bridgehead atoms. The summed E-state index contributed by atoms with van der Waals surface area (Å²) in [7, 11) is 1.62. The van der Waals surface area contributed by atoms with Gasteiger partial charge in [-0.25, -0.2) is 0 Å². The SMILES string of the molecule is COc1ccc(CC(=O)N2CCN(C(=O)c3ccoc3)CC2)cc1. The molecule has 0 radical (unpaired) electrons. The van der Waals surface area contributed by atoms with Crippen molar-refractivity contribution in [3.8, 4) is 5.75 Å². The fourth-order valence-electron chi connectivity index (χ4n) is 2.76. The lowest BCUT2D eigenvalue weighted by molar-refractivity contribution is -0.131. The molecule has 1 aliphatic rings. The molecule has 1 aliphatic heterocycles. The molecule has 0 spiro atoms. The summed E-state index contributed by atoms with van der Waals surface area (Å²) in [5.41, 5.74) is 1.51. The normalized spacial score (nSPS) is 14.5. The summed E-state index contributed by atoms with van der Waals surface area (Å²) < 4.78 is 10.1. The van der Waals surface area contributed by atoms with Crippen molar-refractivity contribution in [1.82, 2.24) is 9.80 Å². The number of carbonyl (C=O) groups excluding carboxylic acids is 2. The second kappa shape index (κ2) is 7.21. The van der Waals surface area contributed by atoms with Gasteiger partial charge >= 0.3 is 0 Å². The third-order valence-corrected chi connectivity index (χ3v) is 4.20. The van der Waals surface area contributed by atoms with Crippen LogP contribution in [0.5, 0.6) is 5.75 Å². The number of amides is 2. The molecule has 0 unspecified atom stereocenters. The fourth-order valence-corrected chi connectivity index (χ4v) is 2.76. The number of ether oxygens (including phenoxy) is 1. The highest BCUT2D eigenvalue weighted by Gasteiger charge is 2.25. The van der Waals surface area contributed by atoms with E-state index in [4.69, 9.17) is 9.15 Å². The Morgan fingerprint density at radius 2 is 1.71 bits per heavy atom. The van der Waals surface area contributed by atoms with Gasteiger partial charge in [0.15, 0.2) is 0 Å². The zero-order chi connectivity index (χ0) is 16.9. The van der Waals surface area contributed by atoms with Crippen LogP contribution in [0.15, 0.2) is 47.3 Å². The molecule has 2 amide bonds. The van der Waals surface area contributed by atoms with Crippen molar-refractivity contribution in [2.75, 3.05) is 33.3 Å². The van der Waals surface area contributed by atoms with E-state index in [0.29, 0.717) is 38.2 Å². The van der Waals surface area contributed by atoms with E-state index in [9.17, 15) is 9.59 Å². The number of carbonyl (C=O) groups is 2. The molecule has 2 aromatic rings. The Bertz CT molecular complexity index is 686. The van der Waals surface area contributed by atoms with E-state index >= 15 is 0 Å². The summed E-state index contributed by atoms with van der Waals surface area (Å²) in [5, 5.41) is 0. The second-order valence-corrected chi connectivity index (χ2v) is 5.71. The zero-order valence-corrected chi connectivity index (χ0v) is 13.6. The zero-order valence-electron chi connectivity index (χ0n) is 13.6. The van der Waals surface area contributed by atoms with Crippen LogP contribution in [0.2, 0.25) is 0 Å². The number of piperazine rings is 1. The third-order valence-electron chi connectivity index (χ3n) is 4.20. The average Bonchev–Trinajstić information content (AvgIpc) is 3.16. The Morgan fingerprint density at radius 3 is 2.29 bits per heavy atom. The molecule has 0 aliphatic carbocycles. The van der Waals surface area contributed by atoms with Crippen LogP contribution in [0.1, 0.15) is 15.9 Å². The smallest absolute Gasteiger partial charge is 0.257 e. The van der Waals surface area contributed by atoms with E-state index in [0.717, 1.165) is 11.3 Å². The Balaban J connectivity index is 1.52. The van der Waals surface area contributed by atoms with Gasteiger partial charge in [0.2, 0.25) is 5.91 Å². The summed E-state index contributed by atoms with van der Waals surface area (Å²) in [6.45, 7) is 2.19.